The van der Waals surface area contributed by atoms with E-state index in [1.807, 2.05) is 36.1 Å². The number of rotatable bonds is 33. The van der Waals surface area contributed by atoms with Crippen LogP contribution in [0.3, 0.4) is 0 Å². The number of nitrogens with zero attached hydrogens (tertiary/aromatic N) is 3. The lowest BCUT2D eigenvalue weighted by Crippen LogP contribution is -2.32. The second-order valence-corrected chi connectivity index (χ2v) is 22.3. The summed E-state index contributed by atoms with van der Waals surface area (Å²) in [6.45, 7) is 14.4. The first-order valence-electron chi connectivity index (χ1n) is 25.0. The molecule has 3 heterocycles. The average molecular weight is 1080 g/mol. The van der Waals surface area contributed by atoms with E-state index < -0.39 is 55.3 Å². The molecule has 1 fully saturated rings. The molecule has 0 bridgehead atoms. The quantitative estimate of drug-likeness (QED) is 0.0450. The van der Waals surface area contributed by atoms with E-state index in [9.17, 15) is 40.3 Å². The molecular formula is C52H75N3O17S2. The van der Waals surface area contributed by atoms with Crippen molar-refractivity contribution in [3.8, 4) is 5.75 Å². The van der Waals surface area contributed by atoms with Crippen molar-refractivity contribution < 1.29 is 78.3 Å². The zero-order valence-corrected chi connectivity index (χ0v) is 45.2. The maximum absolute atomic E-state index is 12.5. The van der Waals surface area contributed by atoms with Crippen LogP contribution in [-0.2, 0) is 73.3 Å². The van der Waals surface area contributed by atoms with Crippen molar-refractivity contribution in [2.75, 3.05) is 115 Å². The van der Waals surface area contributed by atoms with Gasteiger partial charge >= 0.3 is 5.97 Å². The van der Waals surface area contributed by atoms with Crippen LogP contribution >= 0.6 is 0 Å². The fourth-order valence-corrected chi connectivity index (χ4v) is 9.96. The van der Waals surface area contributed by atoms with Crippen molar-refractivity contribution in [2.45, 2.75) is 95.5 Å². The van der Waals surface area contributed by atoms with E-state index in [4.69, 9.17) is 38.0 Å². The molecule has 2 atom stereocenters. The monoisotopic (exact) mass is 1080 g/mol. The molecule has 0 spiro atoms. The zero-order chi connectivity index (χ0) is 53.9. The molecule has 2 N–H and O–H groups in total. The smallest absolute Gasteiger partial charge is 0.333 e. The normalized spacial score (nSPS) is 18.6. The predicted octanol–water partition coefficient (Wildman–Crippen LogP) is 6.34. The molecule has 0 aromatic heterocycles. The summed E-state index contributed by atoms with van der Waals surface area (Å²) in [6, 6.07) is 10.5. The zero-order valence-electron chi connectivity index (χ0n) is 43.6. The topological polar surface area (TPSA) is 244 Å². The van der Waals surface area contributed by atoms with Crippen molar-refractivity contribution in [3.63, 3.8) is 0 Å². The van der Waals surface area contributed by atoms with Gasteiger partial charge in [-0.2, -0.15) is 16.8 Å². The van der Waals surface area contributed by atoms with E-state index in [-0.39, 0.29) is 42.4 Å². The number of anilines is 2. The number of carbonyl (C=O) groups excluding carboxylic acids is 3. The minimum absolute atomic E-state index is 0.0130. The van der Waals surface area contributed by atoms with Gasteiger partial charge in [-0.3, -0.25) is 18.7 Å². The summed E-state index contributed by atoms with van der Waals surface area (Å²) in [5.74, 6) is -1.69. The maximum atomic E-state index is 12.5. The Morgan fingerprint density at radius 3 is 2.00 bits per heavy atom. The molecule has 22 heteroatoms. The lowest BCUT2D eigenvalue weighted by molar-refractivity contribution is -0.197. The number of allylic oxidation sites excluding steroid dienone is 4. The summed E-state index contributed by atoms with van der Waals surface area (Å²) in [6.07, 6.45) is 8.73. The molecule has 5 rings (SSSR count). The number of benzene rings is 2. The molecule has 2 aromatic rings. The predicted molar refractivity (Wildman–Crippen MR) is 277 cm³/mol. The van der Waals surface area contributed by atoms with Gasteiger partial charge < -0.3 is 47.8 Å². The van der Waals surface area contributed by atoms with Gasteiger partial charge in [0.25, 0.3) is 32.1 Å². The van der Waals surface area contributed by atoms with E-state index in [0.29, 0.717) is 133 Å². The Morgan fingerprint density at radius 1 is 0.811 bits per heavy atom. The molecule has 1 saturated heterocycles. The molecule has 0 saturated carbocycles. The summed E-state index contributed by atoms with van der Waals surface area (Å²) < 4.78 is 109. The van der Waals surface area contributed by atoms with E-state index in [1.165, 1.54) is 12.1 Å². The first-order chi connectivity index (χ1) is 35.2. The molecule has 2 aromatic carbocycles. The molecule has 3 aliphatic heterocycles. The van der Waals surface area contributed by atoms with Gasteiger partial charge in [-0.1, -0.05) is 33.3 Å². The van der Waals surface area contributed by atoms with Crippen LogP contribution in [0.1, 0.15) is 90.2 Å². The van der Waals surface area contributed by atoms with Crippen LogP contribution in [0.25, 0.3) is 5.57 Å². The number of ether oxygens (including phenoxy) is 7. The third-order valence-corrected chi connectivity index (χ3v) is 14.4. The molecule has 3 aliphatic rings. The number of hydrogen-bond acceptors (Lipinski definition) is 17. The minimum Gasteiger partial charge on any atom is -0.482 e. The Balaban J connectivity index is 1.41. The second kappa shape index (κ2) is 28.4. The lowest BCUT2D eigenvalue weighted by atomic mass is 9.77. The van der Waals surface area contributed by atoms with E-state index in [0.717, 1.165) is 16.8 Å². The van der Waals surface area contributed by atoms with Gasteiger partial charge in [0, 0.05) is 87.2 Å². The minimum atomic E-state index is -4.64. The summed E-state index contributed by atoms with van der Waals surface area (Å²) in [7, 11) is -5.73. The molecular weight excluding hydrogens is 1000 g/mol. The molecule has 20 nitrogen and oxygen atoms in total. The molecule has 0 radical (unpaired) electrons. The van der Waals surface area contributed by atoms with Crippen molar-refractivity contribution in [1.82, 2.24) is 5.06 Å². The van der Waals surface area contributed by atoms with Crippen LogP contribution in [0.15, 0.2) is 71.3 Å². The van der Waals surface area contributed by atoms with Gasteiger partial charge in [-0.25, -0.2) is 4.79 Å². The fourth-order valence-electron chi connectivity index (χ4n) is 8.94. The van der Waals surface area contributed by atoms with Gasteiger partial charge in [-0.05, 0) is 97.7 Å². The SMILES string of the molecule is COCCOCCOCCN(CCOCCOCCOC)c1ccc2c(c1)OC(/C=C/C=C1/N(CCCCCC(=O)ON3C(=O)CCC3=O)c3ccc(S(=O)(=O)O)cc3C1(C)CCCS(=O)(=O)O)C=C2C(C)(C)C. The number of hydroxylamine groups is 2. The van der Waals surface area contributed by atoms with Crippen LogP contribution in [0, 0.1) is 5.41 Å². The Hall–Kier alpha value is -4.75. The van der Waals surface area contributed by atoms with Crippen LogP contribution in [0.4, 0.5) is 11.4 Å². The number of hydrogen-bond donors (Lipinski definition) is 2. The molecule has 2 unspecified atom stereocenters. The van der Waals surface area contributed by atoms with E-state index in [2.05, 4.69) is 43.9 Å². The number of amides is 2. The third-order valence-electron chi connectivity index (χ3n) is 12.7. The van der Waals surface area contributed by atoms with Gasteiger partial charge in [0.05, 0.1) is 76.7 Å². The maximum Gasteiger partial charge on any atom is 0.333 e. The van der Waals surface area contributed by atoms with Crippen LogP contribution in [0.5, 0.6) is 5.75 Å². The summed E-state index contributed by atoms with van der Waals surface area (Å²) in [4.78, 5) is 45.3. The highest BCUT2D eigenvalue weighted by molar-refractivity contribution is 7.86. The number of imide groups is 1. The Morgan fingerprint density at radius 2 is 1.42 bits per heavy atom. The average Bonchev–Trinajstić information content (AvgIpc) is 3.77. The summed E-state index contributed by atoms with van der Waals surface area (Å²) in [5, 5.41) is 0.520. The first kappa shape index (κ1) is 60.1. The van der Waals surface area contributed by atoms with E-state index in [1.54, 1.807) is 20.3 Å². The Labute approximate surface area is 436 Å². The summed E-state index contributed by atoms with van der Waals surface area (Å²) in [5.41, 5.74) is 3.47. The standard InChI is InChI=1S/C52H75N3O17S2/c1-51(2,3)43-37-40(71-46-36-39(15-17-42(43)46)53(23-25-67-31-33-69-29-27-65-5)24-26-68-32-34-70-30-28-66-6)12-10-13-47-52(4,21-11-35-73(59,60)61)44-38-41(74(62,63)64)16-18-45(44)54(47)22-9-7-8-14-50(58)72-55-48(56)19-20-49(55)57/h10,12-13,15-18,36-38,40H,7-9,11,14,19-35H2,1-6H3,(H,59,60,61)(H,62,63,64)/b12-10+,47-13+. The Kier molecular flexibility index (Phi) is 23.1. The highest BCUT2D eigenvalue weighted by atomic mass is 32.2. The van der Waals surface area contributed by atoms with Gasteiger partial charge in [0.15, 0.2) is 0 Å². The van der Waals surface area contributed by atoms with Gasteiger partial charge in [0.2, 0.25) is 0 Å². The van der Waals surface area contributed by atoms with Crippen molar-refractivity contribution in [2.24, 2.45) is 5.41 Å². The second-order valence-electron chi connectivity index (χ2n) is 19.3. The number of carbonyl (C=O) groups is 3. The first-order valence-corrected chi connectivity index (χ1v) is 28.1. The molecule has 0 aliphatic carbocycles. The van der Waals surface area contributed by atoms with Crippen LogP contribution in [-0.4, -0.2) is 161 Å². The highest BCUT2D eigenvalue weighted by Crippen LogP contribution is 2.51. The number of methoxy groups -OCH3 is 2. The van der Waals surface area contributed by atoms with Gasteiger partial charge in [-0.15, -0.1) is 5.06 Å². The van der Waals surface area contributed by atoms with Crippen molar-refractivity contribution >= 4 is 55.0 Å². The third kappa shape index (κ3) is 17.9. The molecule has 74 heavy (non-hydrogen) atoms. The number of unbranched alkanes of at least 4 members (excludes halogenated alkanes) is 2. The molecule has 2 amide bonds. The van der Waals surface area contributed by atoms with E-state index >= 15 is 0 Å². The number of fused-ring (bicyclic) bond motifs is 2. The van der Waals surface area contributed by atoms with Gasteiger partial charge in [0.1, 0.15) is 11.9 Å². The lowest BCUT2D eigenvalue weighted by Gasteiger charge is -2.33. The largest absolute Gasteiger partial charge is 0.482 e. The van der Waals surface area contributed by atoms with Crippen LogP contribution in [0.2, 0.25) is 0 Å². The highest BCUT2D eigenvalue weighted by Gasteiger charge is 2.44. The fraction of sp³-hybridized carbons (Fsp3) is 0.596. The van der Waals surface area contributed by atoms with Crippen LogP contribution < -0.4 is 14.5 Å². The van der Waals surface area contributed by atoms with Crippen molar-refractivity contribution in [3.05, 3.63) is 77.5 Å². The summed E-state index contributed by atoms with van der Waals surface area (Å²) >= 11 is 0. The molecule has 412 valence electrons. The Bertz CT molecular complexity index is 2490. The van der Waals surface area contributed by atoms with Crippen molar-refractivity contribution in [1.29, 1.82) is 0 Å².